The second kappa shape index (κ2) is 6.69. The SMILES string of the molecule is Cc1ccc(CNCC(O)CN(C)C)cc1F. The van der Waals surface area contributed by atoms with E-state index in [0.717, 1.165) is 5.56 Å². The fourth-order valence-electron chi connectivity index (χ4n) is 1.62. The molecule has 0 aliphatic carbocycles. The molecule has 1 aromatic rings. The van der Waals surface area contributed by atoms with E-state index in [0.29, 0.717) is 25.2 Å². The van der Waals surface area contributed by atoms with Gasteiger partial charge in [-0.05, 0) is 38.2 Å². The molecule has 0 fully saturated rings. The molecular weight excluding hydrogens is 219 g/mol. The normalized spacial score (nSPS) is 13.1. The first-order valence-corrected chi connectivity index (χ1v) is 5.77. The van der Waals surface area contributed by atoms with Crippen LogP contribution >= 0.6 is 0 Å². The van der Waals surface area contributed by atoms with Crippen LogP contribution in [-0.2, 0) is 6.54 Å². The molecule has 1 atom stereocenters. The van der Waals surface area contributed by atoms with Crippen molar-refractivity contribution < 1.29 is 9.50 Å². The second-order valence-electron chi connectivity index (χ2n) is 4.63. The molecule has 1 rings (SSSR count). The molecule has 0 amide bonds. The van der Waals surface area contributed by atoms with Gasteiger partial charge in [0.2, 0.25) is 0 Å². The molecule has 0 bridgehead atoms. The van der Waals surface area contributed by atoms with Crippen LogP contribution in [0, 0.1) is 12.7 Å². The highest BCUT2D eigenvalue weighted by Gasteiger charge is 2.05. The Balaban J connectivity index is 2.33. The van der Waals surface area contributed by atoms with Crippen LogP contribution in [0.25, 0.3) is 0 Å². The Hall–Kier alpha value is -0.970. The van der Waals surface area contributed by atoms with E-state index in [1.807, 2.05) is 25.1 Å². The Kier molecular flexibility index (Phi) is 5.55. The largest absolute Gasteiger partial charge is 0.390 e. The maximum Gasteiger partial charge on any atom is 0.126 e. The molecule has 1 unspecified atom stereocenters. The highest BCUT2D eigenvalue weighted by molar-refractivity contribution is 5.23. The number of aliphatic hydroxyl groups excluding tert-OH is 1. The van der Waals surface area contributed by atoms with Crippen LogP contribution in [0.4, 0.5) is 4.39 Å². The van der Waals surface area contributed by atoms with Gasteiger partial charge in [0.1, 0.15) is 5.82 Å². The third-order valence-corrected chi connectivity index (χ3v) is 2.52. The van der Waals surface area contributed by atoms with Crippen molar-refractivity contribution >= 4 is 0 Å². The first kappa shape index (κ1) is 14.1. The number of hydrogen-bond acceptors (Lipinski definition) is 3. The number of hydrogen-bond donors (Lipinski definition) is 2. The highest BCUT2D eigenvalue weighted by Crippen LogP contribution is 2.08. The van der Waals surface area contributed by atoms with Gasteiger partial charge in [-0.1, -0.05) is 12.1 Å². The van der Waals surface area contributed by atoms with Crippen LogP contribution in [0.2, 0.25) is 0 Å². The summed E-state index contributed by atoms with van der Waals surface area (Å²) in [5.41, 5.74) is 1.55. The van der Waals surface area contributed by atoms with E-state index in [1.54, 1.807) is 13.0 Å². The third-order valence-electron chi connectivity index (χ3n) is 2.52. The topological polar surface area (TPSA) is 35.5 Å². The molecule has 96 valence electrons. The quantitative estimate of drug-likeness (QED) is 0.783. The first-order chi connectivity index (χ1) is 7.99. The van der Waals surface area contributed by atoms with Crippen LogP contribution in [0.1, 0.15) is 11.1 Å². The number of halogens is 1. The number of aryl methyl sites for hydroxylation is 1. The maximum atomic E-state index is 13.3. The van der Waals surface area contributed by atoms with Gasteiger partial charge < -0.3 is 15.3 Å². The number of aliphatic hydroxyl groups is 1. The predicted molar refractivity (Wildman–Crippen MR) is 67.4 cm³/mol. The molecule has 0 saturated heterocycles. The van der Waals surface area contributed by atoms with Crippen LogP contribution < -0.4 is 5.32 Å². The summed E-state index contributed by atoms with van der Waals surface area (Å²) >= 11 is 0. The summed E-state index contributed by atoms with van der Waals surface area (Å²) in [6.45, 7) is 3.44. The van der Waals surface area contributed by atoms with Gasteiger partial charge in [0.05, 0.1) is 6.10 Å². The molecule has 17 heavy (non-hydrogen) atoms. The van der Waals surface area contributed by atoms with Gasteiger partial charge in [-0.2, -0.15) is 0 Å². The highest BCUT2D eigenvalue weighted by atomic mass is 19.1. The Bertz CT molecular complexity index is 355. The molecule has 0 heterocycles. The van der Waals surface area contributed by atoms with Crippen LogP contribution in [-0.4, -0.2) is 43.3 Å². The van der Waals surface area contributed by atoms with Gasteiger partial charge in [0.25, 0.3) is 0 Å². The molecule has 0 aliphatic heterocycles. The minimum atomic E-state index is -0.403. The Morgan fingerprint density at radius 2 is 2.12 bits per heavy atom. The number of rotatable bonds is 6. The van der Waals surface area contributed by atoms with Crippen molar-refractivity contribution in [2.24, 2.45) is 0 Å². The molecule has 0 aliphatic rings. The monoisotopic (exact) mass is 240 g/mol. The lowest BCUT2D eigenvalue weighted by Gasteiger charge is -2.16. The van der Waals surface area contributed by atoms with Crippen LogP contribution in [0.3, 0.4) is 0 Å². The Morgan fingerprint density at radius 3 is 2.71 bits per heavy atom. The van der Waals surface area contributed by atoms with Gasteiger partial charge in [-0.25, -0.2) is 4.39 Å². The van der Waals surface area contributed by atoms with Crippen LogP contribution in [0.5, 0.6) is 0 Å². The van der Waals surface area contributed by atoms with E-state index in [4.69, 9.17) is 0 Å². The molecule has 2 N–H and O–H groups in total. The molecule has 0 radical (unpaired) electrons. The summed E-state index contributed by atoms with van der Waals surface area (Å²) in [5, 5.41) is 12.7. The van der Waals surface area contributed by atoms with Crippen molar-refractivity contribution in [3.8, 4) is 0 Å². The molecule has 0 saturated carbocycles. The Morgan fingerprint density at radius 1 is 1.41 bits per heavy atom. The smallest absolute Gasteiger partial charge is 0.126 e. The van der Waals surface area contributed by atoms with E-state index in [1.165, 1.54) is 6.07 Å². The fourth-order valence-corrected chi connectivity index (χ4v) is 1.62. The zero-order valence-corrected chi connectivity index (χ0v) is 10.7. The van der Waals surface area contributed by atoms with Gasteiger partial charge in [0.15, 0.2) is 0 Å². The second-order valence-corrected chi connectivity index (χ2v) is 4.63. The fraction of sp³-hybridized carbons (Fsp3) is 0.538. The zero-order valence-electron chi connectivity index (χ0n) is 10.7. The summed E-state index contributed by atoms with van der Waals surface area (Å²) in [5.74, 6) is -0.182. The summed E-state index contributed by atoms with van der Waals surface area (Å²) in [4.78, 5) is 1.93. The van der Waals surface area contributed by atoms with Crippen molar-refractivity contribution in [3.05, 3.63) is 35.1 Å². The van der Waals surface area contributed by atoms with E-state index >= 15 is 0 Å². The van der Waals surface area contributed by atoms with E-state index in [9.17, 15) is 9.50 Å². The van der Waals surface area contributed by atoms with Gasteiger partial charge in [-0.3, -0.25) is 0 Å². The van der Waals surface area contributed by atoms with Gasteiger partial charge in [-0.15, -0.1) is 0 Å². The predicted octanol–water partition coefficient (Wildman–Crippen LogP) is 1.15. The summed E-state index contributed by atoms with van der Waals surface area (Å²) < 4.78 is 13.3. The summed E-state index contributed by atoms with van der Waals surface area (Å²) in [6.07, 6.45) is -0.403. The van der Waals surface area contributed by atoms with Gasteiger partial charge >= 0.3 is 0 Å². The molecule has 3 nitrogen and oxygen atoms in total. The lowest BCUT2D eigenvalue weighted by molar-refractivity contribution is 0.134. The molecular formula is C13H21FN2O. The molecule has 4 heteroatoms. The van der Waals surface area contributed by atoms with Crippen molar-refractivity contribution in [2.75, 3.05) is 27.2 Å². The number of nitrogens with one attached hydrogen (secondary N) is 1. The van der Waals surface area contributed by atoms with E-state index in [2.05, 4.69) is 5.32 Å². The minimum absolute atomic E-state index is 0.182. The number of likely N-dealkylation sites (N-methyl/N-ethyl adjacent to an activating group) is 1. The minimum Gasteiger partial charge on any atom is -0.390 e. The van der Waals surface area contributed by atoms with Crippen molar-refractivity contribution in [1.82, 2.24) is 10.2 Å². The van der Waals surface area contributed by atoms with Crippen molar-refractivity contribution in [2.45, 2.75) is 19.6 Å². The molecule has 0 spiro atoms. The van der Waals surface area contributed by atoms with Crippen molar-refractivity contribution in [1.29, 1.82) is 0 Å². The summed E-state index contributed by atoms with van der Waals surface area (Å²) in [7, 11) is 3.83. The number of benzene rings is 1. The molecule has 0 aromatic heterocycles. The van der Waals surface area contributed by atoms with E-state index in [-0.39, 0.29) is 5.82 Å². The standard InChI is InChI=1S/C13H21FN2O/c1-10-4-5-11(6-13(10)14)7-15-8-12(17)9-16(2)3/h4-6,12,15,17H,7-9H2,1-3H3. The summed E-state index contributed by atoms with van der Waals surface area (Å²) in [6, 6.07) is 5.19. The van der Waals surface area contributed by atoms with E-state index < -0.39 is 6.10 Å². The lowest BCUT2D eigenvalue weighted by Crippen LogP contribution is -2.34. The van der Waals surface area contributed by atoms with Crippen LogP contribution in [0.15, 0.2) is 18.2 Å². The average molecular weight is 240 g/mol. The average Bonchev–Trinajstić information content (AvgIpc) is 2.22. The third kappa shape index (κ3) is 5.26. The Labute approximate surface area is 102 Å². The first-order valence-electron chi connectivity index (χ1n) is 5.77. The number of nitrogens with zero attached hydrogens (tertiary/aromatic N) is 1. The maximum absolute atomic E-state index is 13.3. The van der Waals surface area contributed by atoms with Crippen molar-refractivity contribution in [3.63, 3.8) is 0 Å². The lowest BCUT2D eigenvalue weighted by atomic mass is 10.1. The van der Waals surface area contributed by atoms with Gasteiger partial charge in [0, 0.05) is 19.6 Å². The zero-order chi connectivity index (χ0) is 12.8. The molecule has 1 aromatic carbocycles.